The van der Waals surface area contributed by atoms with Gasteiger partial charge in [0.2, 0.25) is 0 Å². The van der Waals surface area contributed by atoms with Crippen molar-refractivity contribution < 1.29 is 10.0 Å². The first-order valence-electron chi connectivity index (χ1n) is 10.7. The molecule has 1 amide bonds. The average Bonchev–Trinajstić information content (AvgIpc) is 3.50. The number of hydrogen-bond donors (Lipinski definition) is 2. The number of benzene rings is 2. The Morgan fingerprint density at radius 2 is 1.83 bits per heavy atom. The first-order valence-corrected chi connectivity index (χ1v) is 11.5. The van der Waals surface area contributed by atoms with Crippen LogP contribution < -0.4 is 5.36 Å². The average molecular weight is 521 g/mol. The van der Waals surface area contributed by atoms with E-state index >= 15 is 0 Å². The fourth-order valence-electron chi connectivity index (χ4n) is 3.70. The van der Waals surface area contributed by atoms with E-state index in [0.717, 1.165) is 15.9 Å². The third-order valence-corrected chi connectivity index (χ3v) is 5.94. The molecular weight excluding hydrogens is 503 g/mol. The zero-order chi connectivity index (χ0) is 25.2. The molecule has 0 aliphatic rings. The molecule has 0 saturated carbocycles. The molecule has 0 fully saturated rings. The van der Waals surface area contributed by atoms with Gasteiger partial charge in [0.15, 0.2) is 11.5 Å². The van der Waals surface area contributed by atoms with Crippen molar-refractivity contribution in [1.82, 2.24) is 35.1 Å². The fraction of sp³-hybridized carbons (Fsp3) is 0.0833. The van der Waals surface area contributed by atoms with E-state index in [1.165, 1.54) is 24.5 Å². The van der Waals surface area contributed by atoms with Crippen LogP contribution in [0.2, 0.25) is 10.0 Å². The van der Waals surface area contributed by atoms with Gasteiger partial charge in [-0.25, -0.2) is 14.4 Å². The lowest BCUT2D eigenvalue weighted by Gasteiger charge is -2.12. The van der Waals surface area contributed by atoms with Crippen LogP contribution in [0.1, 0.15) is 27.4 Å². The molecule has 0 atom stereocenters. The molecule has 180 valence electrons. The van der Waals surface area contributed by atoms with Crippen molar-refractivity contribution in [3.63, 3.8) is 0 Å². The highest BCUT2D eigenvalue weighted by Gasteiger charge is 2.26. The summed E-state index contributed by atoms with van der Waals surface area (Å²) in [5.41, 5.74) is 3.69. The molecule has 0 unspecified atom stereocenters. The van der Waals surface area contributed by atoms with Crippen LogP contribution in [-0.2, 0) is 6.42 Å². The Morgan fingerprint density at radius 1 is 1.08 bits per heavy atom. The summed E-state index contributed by atoms with van der Waals surface area (Å²) in [6.07, 6.45) is 2.90. The maximum atomic E-state index is 13.4. The summed E-state index contributed by atoms with van der Waals surface area (Å²) in [7, 11) is 0. The van der Waals surface area contributed by atoms with E-state index in [0.29, 0.717) is 38.2 Å². The van der Waals surface area contributed by atoms with Crippen LogP contribution >= 0.6 is 23.2 Å². The molecule has 3 heterocycles. The minimum absolute atomic E-state index is 0.0992. The van der Waals surface area contributed by atoms with Crippen LogP contribution in [0.4, 0.5) is 0 Å². The zero-order valence-corrected chi connectivity index (χ0v) is 20.3. The summed E-state index contributed by atoms with van der Waals surface area (Å²) in [5.74, 6) is -0.207. The number of pyridine rings is 1. The Bertz CT molecular complexity index is 1600. The Labute approximate surface area is 214 Å². The summed E-state index contributed by atoms with van der Waals surface area (Å²) in [4.78, 5) is 17.6. The topological polar surface area (TPSA) is 127 Å². The van der Waals surface area contributed by atoms with Crippen LogP contribution in [0.3, 0.4) is 0 Å². The highest BCUT2D eigenvalue weighted by molar-refractivity contribution is 6.35. The van der Waals surface area contributed by atoms with Crippen LogP contribution in [0, 0.1) is 6.92 Å². The van der Waals surface area contributed by atoms with E-state index in [9.17, 15) is 10.0 Å². The molecule has 0 aliphatic heterocycles. The van der Waals surface area contributed by atoms with Gasteiger partial charge < -0.3 is 5.21 Å². The van der Waals surface area contributed by atoms with Gasteiger partial charge >= 0.3 is 0 Å². The van der Waals surface area contributed by atoms with Crippen LogP contribution in [0.25, 0.3) is 16.9 Å². The van der Waals surface area contributed by atoms with E-state index < -0.39 is 5.91 Å². The highest BCUT2D eigenvalue weighted by atomic mass is 35.5. The van der Waals surface area contributed by atoms with Gasteiger partial charge in [0.25, 0.3) is 5.91 Å². The molecule has 10 nitrogen and oxygen atoms in total. The molecule has 2 N–H and O–H groups in total. The summed E-state index contributed by atoms with van der Waals surface area (Å²) in [6, 6.07) is 15.9. The quantitative estimate of drug-likeness (QED) is 0.336. The first kappa shape index (κ1) is 23.5. The minimum Gasteiger partial charge on any atom is -0.429 e. The number of halogens is 2. The van der Waals surface area contributed by atoms with Crippen molar-refractivity contribution in [2.45, 2.75) is 13.3 Å². The van der Waals surface area contributed by atoms with Crippen molar-refractivity contribution in [1.29, 1.82) is 0 Å². The Balaban J connectivity index is 1.77. The van der Waals surface area contributed by atoms with Crippen LogP contribution in [-0.4, -0.2) is 46.2 Å². The monoisotopic (exact) mass is 520 g/mol. The number of aromatic nitrogens is 7. The third kappa shape index (κ3) is 4.77. The van der Waals surface area contributed by atoms with Crippen molar-refractivity contribution >= 4 is 29.1 Å². The second kappa shape index (κ2) is 9.76. The fourth-order valence-corrected chi connectivity index (χ4v) is 4.18. The summed E-state index contributed by atoms with van der Waals surface area (Å²) in [6.45, 7) is 1.99. The van der Waals surface area contributed by atoms with Gasteiger partial charge in [0.05, 0.1) is 21.8 Å². The maximum Gasteiger partial charge on any atom is 0.298 e. The highest BCUT2D eigenvalue weighted by Crippen LogP contribution is 2.34. The molecule has 0 spiro atoms. The number of nitrogens with zero attached hydrogens (tertiary/aromatic N) is 7. The lowest BCUT2D eigenvalue weighted by molar-refractivity contribution is 0.0992. The van der Waals surface area contributed by atoms with Crippen LogP contribution in [0.15, 0.2) is 72.0 Å². The number of tetrazole rings is 1. The van der Waals surface area contributed by atoms with E-state index in [4.69, 9.17) is 23.2 Å². The van der Waals surface area contributed by atoms with Crippen molar-refractivity contribution in [3.8, 4) is 16.9 Å². The molecule has 5 rings (SSSR count). The molecule has 12 heteroatoms. The van der Waals surface area contributed by atoms with Gasteiger partial charge in [0, 0.05) is 35.0 Å². The number of carbonyl (C=O) groups is 1. The Morgan fingerprint density at radius 3 is 2.50 bits per heavy atom. The van der Waals surface area contributed by atoms with Crippen molar-refractivity contribution in [2.75, 3.05) is 0 Å². The molecule has 0 saturated heterocycles. The van der Waals surface area contributed by atoms with E-state index in [1.807, 2.05) is 31.2 Å². The van der Waals surface area contributed by atoms with E-state index in [2.05, 4.69) is 30.7 Å². The lowest BCUT2D eigenvalue weighted by atomic mass is 10.0. The molecule has 2 aromatic carbocycles. The second-order valence-corrected chi connectivity index (χ2v) is 8.75. The molecule has 0 radical (unpaired) electrons. The number of hydrogen-bond acceptors (Lipinski definition) is 6. The smallest absolute Gasteiger partial charge is 0.298 e. The van der Waals surface area contributed by atoms with Gasteiger partial charge in [-0.05, 0) is 37.3 Å². The maximum absolute atomic E-state index is 13.4. The van der Waals surface area contributed by atoms with Gasteiger partial charge in [-0.15, -0.1) is 10.2 Å². The number of amides is 1. The van der Waals surface area contributed by atoms with Gasteiger partial charge in [-0.3, -0.25) is 4.79 Å². The lowest BCUT2D eigenvalue weighted by Crippen LogP contribution is -2.10. The molecule has 3 aromatic heterocycles. The number of rotatable bonds is 5. The Kier molecular flexibility index (Phi) is 6.36. The van der Waals surface area contributed by atoms with E-state index in [-0.39, 0.29) is 12.1 Å². The normalized spacial score (nSPS) is 11.0. The van der Waals surface area contributed by atoms with Crippen molar-refractivity contribution in [3.05, 3.63) is 105 Å². The van der Waals surface area contributed by atoms with E-state index in [1.54, 1.807) is 22.9 Å². The molecule has 36 heavy (non-hydrogen) atoms. The molecule has 5 aromatic rings. The summed E-state index contributed by atoms with van der Waals surface area (Å²) < 4.78 is 2.46. The predicted octanol–water partition coefficient (Wildman–Crippen LogP) is 4.04. The van der Waals surface area contributed by atoms with Gasteiger partial charge in [-0.2, -0.15) is 10.3 Å². The largest absolute Gasteiger partial charge is 0.429 e. The standard InChI is InChI=1S/C24H18Cl2N8O2/c1-14-2-4-15(5-3-14)23-18(13-21-28-31-32-29-21)22(24(35)27-17-8-10-33(36)11-9-17)30-34(23)20-7-6-16(25)12-19(20)26/h2-12,36H,13H2,1H3,(H,28,29,31,32). The number of nitrogens with one attached hydrogen (secondary N) is 1. The number of H-pyrrole nitrogens is 1. The molecular formula is C24H18Cl2N8O2. The zero-order valence-electron chi connectivity index (χ0n) is 18.8. The predicted molar refractivity (Wildman–Crippen MR) is 132 cm³/mol. The number of aromatic amines is 1. The second-order valence-electron chi connectivity index (χ2n) is 7.91. The first-order chi connectivity index (χ1) is 17.4. The third-order valence-electron chi connectivity index (χ3n) is 5.40. The molecule has 0 aliphatic carbocycles. The number of aryl methyl sites for hydroxylation is 1. The number of carbonyl (C=O) groups excluding carboxylic acids is 1. The van der Waals surface area contributed by atoms with Crippen LogP contribution in [0.5, 0.6) is 0 Å². The summed E-state index contributed by atoms with van der Waals surface area (Å²) >= 11 is 12.7. The summed E-state index contributed by atoms with van der Waals surface area (Å²) in [5, 5.41) is 29.5. The van der Waals surface area contributed by atoms with Gasteiger partial charge in [0.1, 0.15) is 0 Å². The molecule has 0 bridgehead atoms. The van der Waals surface area contributed by atoms with Crippen molar-refractivity contribution in [2.24, 2.45) is 4.99 Å². The SMILES string of the molecule is Cc1ccc(-c2c(Cc3nn[nH]n3)c(C(=O)N=c3ccn(O)cc3)nn2-c2ccc(Cl)cc2Cl)cc1. The van der Waals surface area contributed by atoms with Gasteiger partial charge in [-0.1, -0.05) is 58.2 Å². The Hall–Kier alpha value is -4.28. The minimum atomic E-state index is -0.582.